The Labute approximate surface area is 167 Å². The summed E-state index contributed by atoms with van der Waals surface area (Å²) < 4.78 is 49.9. The number of methoxy groups -OCH3 is 1. The second kappa shape index (κ2) is 10.6. The van der Waals surface area contributed by atoms with Crippen molar-refractivity contribution in [2.24, 2.45) is 0 Å². The second-order valence-electron chi connectivity index (χ2n) is 6.24. The van der Waals surface area contributed by atoms with Gasteiger partial charge >= 0.3 is 0 Å². The van der Waals surface area contributed by atoms with Crippen LogP contribution in [0.2, 0.25) is 0 Å². The molecule has 0 aliphatic heterocycles. The molecule has 8 heteroatoms. The molecule has 0 saturated carbocycles. The van der Waals surface area contributed by atoms with Crippen molar-refractivity contribution >= 4 is 11.4 Å². The number of aliphatic hydroxyl groups excluding tert-OH is 1. The molecule has 0 radical (unpaired) electrons. The van der Waals surface area contributed by atoms with E-state index in [1.807, 2.05) is 12.1 Å². The van der Waals surface area contributed by atoms with E-state index in [1.165, 1.54) is 18.2 Å². The van der Waals surface area contributed by atoms with Crippen molar-refractivity contribution in [3.8, 4) is 5.75 Å². The van der Waals surface area contributed by atoms with Crippen molar-refractivity contribution < 1.29 is 27.8 Å². The van der Waals surface area contributed by atoms with Gasteiger partial charge in [0.25, 0.3) is 6.43 Å². The predicted octanol–water partition coefficient (Wildman–Crippen LogP) is 4.69. The summed E-state index contributed by atoms with van der Waals surface area (Å²) in [6.07, 6.45) is -2.65. The number of aliphatic hydroxyl groups is 1. The van der Waals surface area contributed by atoms with Crippen molar-refractivity contribution in [3.63, 3.8) is 0 Å². The summed E-state index contributed by atoms with van der Waals surface area (Å²) in [7, 11) is 1.57. The lowest BCUT2D eigenvalue weighted by Gasteiger charge is -2.19. The van der Waals surface area contributed by atoms with Gasteiger partial charge in [-0.3, -0.25) is 5.41 Å². The number of ether oxygens (including phenoxy) is 2. The molecule has 2 rings (SSSR count). The second-order valence-corrected chi connectivity index (χ2v) is 6.24. The molecule has 0 unspecified atom stereocenters. The van der Waals surface area contributed by atoms with E-state index in [0.29, 0.717) is 11.3 Å². The Morgan fingerprint density at radius 1 is 1.21 bits per heavy atom. The number of alkyl halides is 2. The average molecular weight is 408 g/mol. The third-order valence-electron chi connectivity index (χ3n) is 4.14. The predicted molar refractivity (Wildman–Crippen MR) is 105 cm³/mol. The zero-order chi connectivity index (χ0) is 21.4. The highest BCUT2D eigenvalue weighted by atomic mass is 19.3. The number of nitrogens with one attached hydrogen (secondary N) is 2. The lowest BCUT2D eigenvalue weighted by molar-refractivity contribution is 0.0528. The van der Waals surface area contributed by atoms with Crippen LogP contribution in [0.5, 0.6) is 5.75 Å². The van der Waals surface area contributed by atoms with Crippen LogP contribution in [0.15, 0.2) is 54.2 Å². The van der Waals surface area contributed by atoms with Gasteiger partial charge in [-0.1, -0.05) is 12.1 Å². The van der Waals surface area contributed by atoms with Crippen LogP contribution in [0.1, 0.15) is 24.2 Å². The maximum absolute atomic E-state index is 13.8. The third-order valence-corrected chi connectivity index (χ3v) is 4.14. The fourth-order valence-electron chi connectivity index (χ4n) is 2.56. The van der Waals surface area contributed by atoms with E-state index in [4.69, 9.17) is 14.9 Å². The maximum Gasteiger partial charge on any atom is 0.279 e. The fourth-order valence-corrected chi connectivity index (χ4v) is 2.56. The highest BCUT2D eigenvalue weighted by Gasteiger charge is 2.15. The number of rotatable bonds is 10. The van der Waals surface area contributed by atoms with Gasteiger partial charge in [-0.25, -0.2) is 13.2 Å². The number of hydrogen-bond donors (Lipinski definition) is 3. The van der Waals surface area contributed by atoms with Gasteiger partial charge in [0, 0.05) is 16.9 Å². The molecule has 156 valence electrons. The topological polar surface area (TPSA) is 74.6 Å². The SMILES string of the molecule is COc1ccc(CO[C@H](C)c2cc(F)ccc2N/C(=C\C(=N)C(F)F)CO)cc1. The Morgan fingerprint density at radius 2 is 1.90 bits per heavy atom. The molecule has 0 aliphatic carbocycles. The summed E-state index contributed by atoms with van der Waals surface area (Å²) >= 11 is 0. The molecule has 0 fully saturated rings. The molecule has 2 aromatic carbocycles. The molecule has 1 atom stereocenters. The third kappa shape index (κ3) is 6.62. The highest BCUT2D eigenvalue weighted by molar-refractivity contribution is 5.95. The number of halogens is 3. The standard InChI is InChI=1S/C21H23F3N2O3/c1-13(29-12-14-3-6-17(28-2)7-4-14)18-9-15(22)5-8-20(18)26-16(11-27)10-19(25)21(23)24/h3-10,13,21,25-27H,11-12H2,1-2H3/b16-10-,25-19?/t13-/m1/s1. The first-order valence-electron chi connectivity index (χ1n) is 8.83. The molecule has 0 amide bonds. The Bertz CT molecular complexity index is 855. The Hall–Kier alpha value is -2.84. The van der Waals surface area contributed by atoms with Crippen molar-refractivity contribution in [2.75, 3.05) is 19.0 Å². The maximum atomic E-state index is 13.8. The zero-order valence-corrected chi connectivity index (χ0v) is 16.1. The van der Waals surface area contributed by atoms with E-state index in [2.05, 4.69) is 5.32 Å². The van der Waals surface area contributed by atoms with Crippen LogP contribution in [0.25, 0.3) is 0 Å². The van der Waals surface area contributed by atoms with E-state index < -0.39 is 30.7 Å². The van der Waals surface area contributed by atoms with Gasteiger partial charge in [-0.15, -0.1) is 0 Å². The quantitative estimate of drug-likeness (QED) is 0.499. The van der Waals surface area contributed by atoms with Gasteiger partial charge in [0.2, 0.25) is 0 Å². The Balaban J connectivity index is 2.16. The summed E-state index contributed by atoms with van der Waals surface area (Å²) in [5.41, 5.74) is 0.779. The van der Waals surface area contributed by atoms with Crippen LogP contribution in [-0.2, 0) is 11.3 Å². The van der Waals surface area contributed by atoms with Crippen LogP contribution in [0.3, 0.4) is 0 Å². The van der Waals surface area contributed by atoms with Gasteiger partial charge in [-0.2, -0.15) is 0 Å². The smallest absolute Gasteiger partial charge is 0.279 e. The van der Waals surface area contributed by atoms with Gasteiger partial charge < -0.3 is 19.9 Å². The van der Waals surface area contributed by atoms with Gasteiger partial charge in [0.1, 0.15) is 11.6 Å². The molecule has 3 N–H and O–H groups in total. The van der Waals surface area contributed by atoms with Crippen LogP contribution in [0.4, 0.5) is 18.9 Å². The van der Waals surface area contributed by atoms with E-state index >= 15 is 0 Å². The van der Waals surface area contributed by atoms with E-state index in [-0.39, 0.29) is 12.3 Å². The molecule has 0 spiro atoms. The minimum atomic E-state index is -2.96. The Kier molecular flexibility index (Phi) is 8.23. The van der Waals surface area contributed by atoms with E-state index in [0.717, 1.165) is 17.4 Å². The van der Waals surface area contributed by atoms with Gasteiger partial charge in [0.15, 0.2) is 0 Å². The van der Waals surface area contributed by atoms with Crippen molar-refractivity contribution in [1.29, 1.82) is 5.41 Å². The van der Waals surface area contributed by atoms with Crippen LogP contribution in [0, 0.1) is 11.2 Å². The minimum Gasteiger partial charge on any atom is -0.497 e. The number of benzene rings is 2. The molecule has 0 saturated heterocycles. The van der Waals surface area contributed by atoms with E-state index in [1.54, 1.807) is 26.2 Å². The van der Waals surface area contributed by atoms with Crippen LogP contribution >= 0.6 is 0 Å². The molecular formula is C21H23F3N2O3. The van der Waals surface area contributed by atoms with Crippen molar-refractivity contribution in [3.05, 3.63) is 71.2 Å². The molecule has 5 nitrogen and oxygen atoms in total. The average Bonchev–Trinajstić information content (AvgIpc) is 2.72. The molecule has 29 heavy (non-hydrogen) atoms. The molecule has 0 aliphatic rings. The zero-order valence-electron chi connectivity index (χ0n) is 16.1. The number of allylic oxidation sites excluding steroid dienone is 1. The largest absolute Gasteiger partial charge is 0.497 e. The fraction of sp³-hybridized carbons (Fsp3) is 0.286. The van der Waals surface area contributed by atoms with Crippen LogP contribution in [-0.4, -0.2) is 31.0 Å². The number of hydrogen-bond acceptors (Lipinski definition) is 5. The first-order chi connectivity index (χ1) is 13.8. The summed E-state index contributed by atoms with van der Waals surface area (Å²) in [6.45, 7) is 1.40. The summed E-state index contributed by atoms with van der Waals surface area (Å²) in [4.78, 5) is 0. The van der Waals surface area contributed by atoms with Crippen LogP contribution < -0.4 is 10.1 Å². The lowest BCUT2D eigenvalue weighted by atomic mass is 10.1. The summed E-state index contributed by atoms with van der Waals surface area (Å²) in [5.74, 6) is 0.233. The summed E-state index contributed by atoms with van der Waals surface area (Å²) in [5, 5.41) is 19.4. The molecular weight excluding hydrogens is 385 g/mol. The first kappa shape index (κ1) is 22.4. The number of anilines is 1. The van der Waals surface area contributed by atoms with Crippen molar-refractivity contribution in [2.45, 2.75) is 26.1 Å². The Morgan fingerprint density at radius 3 is 2.48 bits per heavy atom. The van der Waals surface area contributed by atoms with Gasteiger partial charge in [-0.05, 0) is 48.9 Å². The highest BCUT2D eigenvalue weighted by Crippen LogP contribution is 2.28. The minimum absolute atomic E-state index is 0.00878. The first-order valence-corrected chi connectivity index (χ1v) is 8.83. The molecule has 0 aromatic heterocycles. The molecule has 0 bridgehead atoms. The monoisotopic (exact) mass is 408 g/mol. The summed E-state index contributed by atoms with van der Waals surface area (Å²) in [6, 6.07) is 11.2. The normalized spacial score (nSPS) is 12.7. The lowest BCUT2D eigenvalue weighted by Crippen LogP contribution is -2.13. The molecule has 2 aromatic rings. The molecule has 0 heterocycles. The van der Waals surface area contributed by atoms with Crippen molar-refractivity contribution in [1.82, 2.24) is 0 Å². The van der Waals surface area contributed by atoms with Gasteiger partial charge in [0.05, 0.1) is 32.1 Å². The van der Waals surface area contributed by atoms with E-state index in [9.17, 15) is 18.3 Å².